The van der Waals surface area contributed by atoms with Gasteiger partial charge in [0.25, 0.3) is 0 Å². The minimum atomic E-state index is -3.95. The van der Waals surface area contributed by atoms with Gasteiger partial charge in [-0.15, -0.1) is 0 Å². The molecule has 4 unspecified atom stereocenters. The van der Waals surface area contributed by atoms with E-state index in [0.717, 1.165) is 18.4 Å². The molecule has 2 aromatic rings. The second-order valence-corrected chi connectivity index (χ2v) is 13.6. The number of nitrogens with one attached hydrogen (secondary N) is 1. The third-order valence-corrected chi connectivity index (χ3v) is 9.71. The lowest BCUT2D eigenvalue weighted by molar-refractivity contribution is -0.158. The molecule has 1 amide bonds. The van der Waals surface area contributed by atoms with Gasteiger partial charge in [-0.2, -0.15) is 4.31 Å². The molecule has 2 aromatic carbocycles. The van der Waals surface area contributed by atoms with Crippen LogP contribution in [-0.4, -0.2) is 81.9 Å². The highest BCUT2D eigenvalue weighted by Crippen LogP contribution is 2.31. The number of alkyl carbamates (subject to hydrolysis) is 1. The summed E-state index contributed by atoms with van der Waals surface area (Å²) >= 11 is 0. The number of carbonyl (C=O) groups is 1. The van der Waals surface area contributed by atoms with E-state index in [1.54, 1.807) is 12.1 Å². The average Bonchev–Trinajstić information content (AvgIpc) is 3.28. The second-order valence-electron chi connectivity index (χ2n) is 11.7. The molecule has 10 nitrogen and oxygen atoms in total. The Morgan fingerprint density at radius 1 is 1.05 bits per heavy atom. The van der Waals surface area contributed by atoms with Crippen molar-refractivity contribution in [1.82, 2.24) is 9.62 Å². The van der Waals surface area contributed by atoms with Crippen LogP contribution in [-0.2, 0) is 30.7 Å². The molecule has 2 heterocycles. The zero-order valence-electron chi connectivity index (χ0n) is 24.8. The summed E-state index contributed by atoms with van der Waals surface area (Å²) < 4.78 is 51.3. The lowest BCUT2D eigenvalue weighted by Gasteiger charge is -2.31. The Labute approximate surface area is 249 Å². The maximum Gasteiger partial charge on any atom is 0.407 e. The Morgan fingerprint density at radius 2 is 1.74 bits per heavy atom. The number of sulfonamides is 1. The summed E-state index contributed by atoms with van der Waals surface area (Å²) in [4.78, 5) is 13.3. The van der Waals surface area contributed by atoms with Gasteiger partial charge in [0.2, 0.25) is 10.0 Å². The molecule has 2 fully saturated rings. The van der Waals surface area contributed by atoms with Crippen molar-refractivity contribution in [2.45, 2.75) is 69.5 Å². The van der Waals surface area contributed by atoms with Crippen LogP contribution in [0.25, 0.3) is 0 Å². The lowest BCUT2D eigenvalue weighted by Crippen LogP contribution is -2.52. The number of amides is 1. The maximum absolute atomic E-state index is 13.7. The van der Waals surface area contributed by atoms with E-state index >= 15 is 0 Å². The van der Waals surface area contributed by atoms with Gasteiger partial charge in [-0.05, 0) is 55.0 Å². The Kier molecular flexibility index (Phi) is 11.2. The molecule has 2 bridgehead atoms. The van der Waals surface area contributed by atoms with Crippen LogP contribution < -0.4 is 10.1 Å². The van der Waals surface area contributed by atoms with Gasteiger partial charge in [0.1, 0.15) is 11.9 Å². The molecule has 42 heavy (non-hydrogen) atoms. The van der Waals surface area contributed by atoms with Gasteiger partial charge in [0, 0.05) is 24.9 Å². The largest absolute Gasteiger partial charge is 0.497 e. The van der Waals surface area contributed by atoms with E-state index in [1.807, 2.05) is 44.2 Å². The van der Waals surface area contributed by atoms with E-state index < -0.39 is 34.4 Å². The van der Waals surface area contributed by atoms with E-state index in [0.29, 0.717) is 12.4 Å². The van der Waals surface area contributed by atoms with Gasteiger partial charge >= 0.3 is 6.09 Å². The van der Waals surface area contributed by atoms with Crippen molar-refractivity contribution < 1.29 is 37.3 Å². The first kappa shape index (κ1) is 32.2. The number of fused-ring (bicyclic) bond motifs is 3. The van der Waals surface area contributed by atoms with Crippen LogP contribution in [0.4, 0.5) is 4.79 Å². The summed E-state index contributed by atoms with van der Waals surface area (Å²) in [5.74, 6) is 0.826. The number of hydrogen-bond donors (Lipinski definition) is 2. The molecule has 0 radical (unpaired) electrons. The SMILES string of the molecule is COc1ccc(S(=O)(=O)N(CC(C)C)C[C@@H](O)[C@H](Cc2ccccc2)NC(=O)OC2COC3OCC2CCC3C)cc1. The molecule has 232 valence electrons. The van der Waals surface area contributed by atoms with E-state index in [2.05, 4.69) is 12.2 Å². The van der Waals surface area contributed by atoms with Crippen molar-refractivity contribution in [3.63, 3.8) is 0 Å². The summed E-state index contributed by atoms with van der Waals surface area (Å²) in [6, 6.07) is 14.8. The molecule has 2 saturated heterocycles. The third-order valence-electron chi connectivity index (χ3n) is 7.86. The first-order valence-electron chi connectivity index (χ1n) is 14.6. The summed E-state index contributed by atoms with van der Waals surface area (Å²) in [6.07, 6.45) is -0.637. The van der Waals surface area contributed by atoms with Crippen molar-refractivity contribution in [2.24, 2.45) is 17.8 Å². The highest BCUT2D eigenvalue weighted by molar-refractivity contribution is 7.89. The normalized spacial score (nSPS) is 24.1. The van der Waals surface area contributed by atoms with Gasteiger partial charge in [-0.1, -0.05) is 51.1 Å². The first-order chi connectivity index (χ1) is 20.1. The Bertz CT molecular complexity index is 1240. The lowest BCUT2D eigenvalue weighted by atomic mass is 9.93. The van der Waals surface area contributed by atoms with Gasteiger partial charge in [-0.3, -0.25) is 0 Å². The highest BCUT2D eigenvalue weighted by Gasteiger charge is 2.38. The first-order valence-corrected chi connectivity index (χ1v) is 16.1. The van der Waals surface area contributed by atoms with Crippen molar-refractivity contribution in [2.75, 3.05) is 33.4 Å². The molecule has 2 aliphatic rings. The van der Waals surface area contributed by atoms with Crippen LogP contribution in [0.1, 0.15) is 39.2 Å². The minimum absolute atomic E-state index is 0.00443. The van der Waals surface area contributed by atoms with Gasteiger partial charge in [0.05, 0.1) is 37.4 Å². The van der Waals surface area contributed by atoms with E-state index in [9.17, 15) is 18.3 Å². The number of ether oxygens (including phenoxy) is 4. The third kappa shape index (κ3) is 8.44. The topological polar surface area (TPSA) is 124 Å². The van der Waals surface area contributed by atoms with E-state index in [4.69, 9.17) is 18.9 Å². The van der Waals surface area contributed by atoms with Crippen LogP contribution in [0.5, 0.6) is 5.75 Å². The van der Waals surface area contributed by atoms with Gasteiger partial charge < -0.3 is 29.4 Å². The number of carbonyl (C=O) groups excluding carboxylic acids is 1. The molecular formula is C31H44N2O8S. The Balaban J connectivity index is 1.51. The molecular weight excluding hydrogens is 560 g/mol. The van der Waals surface area contributed by atoms with Crippen LogP contribution in [0.2, 0.25) is 0 Å². The molecule has 0 saturated carbocycles. The fraction of sp³-hybridized carbons (Fsp3) is 0.581. The molecule has 0 aliphatic carbocycles. The summed E-state index contributed by atoms with van der Waals surface area (Å²) in [7, 11) is -2.44. The molecule has 2 aliphatic heterocycles. The number of methoxy groups -OCH3 is 1. The zero-order valence-corrected chi connectivity index (χ0v) is 25.7. The average molecular weight is 605 g/mol. The van der Waals surface area contributed by atoms with Crippen LogP contribution >= 0.6 is 0 Å². The number of aliphatic hydroxyl groups is 1. The molecule has 2 N–H and O–H groups in total. The number of rotatable bonds is 12. The van der Waals surface area contributed by atoms with Crippen molar-refractivity contribution in [1.29, 1.82) is 0 Å². The fourth-order valence-electron chi connectivity index (χ4n) is 5.43. The van der Waals surface area contributed by atoms with Crippen LogP contribution in [0, 0.1) is 17.8 Å². The summed E-state index contributed by atoms with van der Waals surface area (Å²) in [6.45, 7) is 6.58. The predicted octanol–water partition coefficient (Wildman–Crippen LogP) is 3.83. The smallest absolute Gasteiger partial charge is 0.407 e. The monoisotopic (exact) mass is 604 g/mol. The van der Waals surface area contributed by atoms with Crippen LogP contribution in [0.15, 0.2) is 59.5 Å². The summed E-state index contributed by atoms with van der Waals surface area (Å²) in [5, 5.41) is 14.3. The molecule has 11 heteroatoms. The predicted molar refractivity (Wildman–Crippen MR) is 158 cm³/mol. The van der Waals surface area contributed by atoms with Gasteiger partial charge in [0.15, 0.2) is 6.29 Å². The molecule has 0 aromatic heterocycles. The zero-order chi connectivity index (χ0) is 30.3. The fourth-order valence-corrected chi connectivity index (χ4v) is 7.05. The number of aliphatic hydroxyl groups excluding tert-OH is 1. The van der Waals surface area contributed by atoms with Crippen molar-refractivity contribution >= 4 is 16.1 Å². The minimum Gasteiger partial charge on any atom is -0.497 e. The van der Waals surface area contributed by atoms with Crippen molar-refractivity contribution in [3.8, 4) is 5.75 Å². The Morgan fingerprint density at radius 3 is 2.40 bits per heavy atom. The maximum atomic E-state index is 13.7. The van der Waals surface area contributed by atoms with Crippen LogP contribution in [0.3, 0.4) is 0 Å². The second kappa shape index (κ2) is 14.7. The molecule has 4 rings (SSSR count). The number of nitrogens with zero attached hydrogens (tertiary/aromatic N) is 1. The molecule has 6 atom stereocenters. The number of benzene rings is 2. The quantitative estimate of drug-likeness (QED) is 0.375. The van der Waals surface area contributed by atoms with E-state index in [-0.39, 0.29) is 55.1 Å². The van der Waals surface area contributed by atoms with E-state index in [1.165, 1.54) is 23.5 Å². The van der Waals surface area contributed by atoms with Crippen molar-refractivity contribution in [3.05, 3.63) is 60.2 Å². The standard InChI is InChI=1S/C31H44N2O8S/c1-21(2)17-33(42(36,37)26-14-12-25(38-4)13-15-26)18-28(34)27(16-23-8-6-5-7-9-23)32-31(35)41-29-20-40-30-22(3)10-11-24(29)19-39-30/h5-9,12-15,21-22,24,27-30,34H,10-11,16-20H2,1-4H3,(H,32,35)/t22?,24?,27-,28+,29?,30?/m0/s1. The Hall–Kier alpha value is -2.70. The van der Waals surface area contributed by atoms with Gasteiger partial charge in [-0.25, -0.2) is 13.2 Å². The highest BCUT2D eigenvalue weighted by atomic mass is 32.2. The number of hydrogen-bond acceptors (Lipinski definition) is 8. The summed E-state index contributed by atoms with van der Waals surface area (Å²) in [5.41, 5.74) is 0.880. The molecule has 0 spiro atoms.